The standard InChI is InChI=1S/C14H19NS3/c1-2-16-14(15-10-6-3-7-11-15)17-12-8-4-5-9-13(12)18-14/h4-5,8-9H,2-3,6-7,10-11H2,1H3. The number of hydrogen-bond donors (Lipinski definition) is 0. The van der Waals surface area contributed by atoms with Gasteiger partial charge in [-0.1, -0.05) is 49.0 Å². The van der Waals surface area contributed by atoms with E-state index in [2.05, 4.69) is 71.4 Å². The van der Waals surface area contributed by atoms with Crippen LogP contribution in [0.3, 0.4) is 0 Å². The van der Waals surface area contributed by atoms with E-state index in [1.54, 1.807) is 0 Å². The highest BCUT2D eigenvalue weighted by molar-refractivity contribution is 8.35. The van der Waals surface area contributed by atoms with Crippen LogP contribution in [0.1, 0.15) is 26.2 Å². The first-order valence-corrected chi connectivity index (χ1v) is 9.32. The van der Waals surface area contributed by atoms with E-state index in [-0.39, 0.29) is 3.54 Å². The van der Waals surface area contributed by atoms with Crippen molar-refractivity contribution in [2.75, 3.05) is 18.8 Å². The molecule has 1 aromatic rings. The van der Waals surface area contributed by atoms with Crippen molar-refractivity contribution in [1.29, 1.82) is 0 Å². The first-order chi connectivity index (χ1) is 8.84. The molecule has 2 aliphatic rings. The maximum Gasteiger partial charge on any atom is 0.171 e. The average molecular weight is 298 g/mol. The first kappa shape index (κ1) is 13.2. The Hall–Kier alpha value is 0.230. The topological polar surface area (TPSA) is 3.24 Å². The number of likely N-dealkylation sites (tertiary alicyclic amines) is 1. The van der Waals surface area contributed by atoms with Crippen LogP contribution in [0.5, 0.6) is 0 Å². The molecule has 0 N–H and O–H groups in total. The van der Waals surface area contributed by atoms with Crippen LogP contribution in [-0.2, 0) is 0 Å². The van der Waals surface area contributed by atoms with Gasteiger partial charge in [-0.3, -0.25) is 4.90 Å². The van der Waals surface area contributed by atoms with E-state index in [1.165, 1.54) is 47.9 Å². The summed E-state index contributed by atoms with van der Waals surface area (Å²) in [6, 6.07) is 8.87. The summed E-state index contributed by atoms with van der Waals surface area (Å²) < 4.78 is 0.207. The molecular weight excluding hydrogens is 278 g/mol. The first-order valence-electron chi connectivity index (χ1n) is 6.70. The quantitative estimate of drug-likeness (QED) is 0.792. The fourth-order valence-corrected chi connectivity index (χ4v) is 7.76. The molecule has 1 nitrogen and oxygen atoms in total. The van der Waals surface area contributed by atoms with Crippen LogP contribution in [0.4, 0.5) is 0 Å². The minimum Gasteiger partial charge on any atom is -0.271 e. The van der Waals surface area contributed by atoms with Crippen LogP contribution in [0.15, 0.2) is 34.1 Å². The molecule has 3 rings (SSSR count). The van der Waals surface area contributed by atoms with Gasteiger partial charge in [-0.05, 0) is 30.7 Å². The van der Waals surface area contributed by atoms with Crippen LogP contribution in [0, 0.1) is 0 Å². The van der Waals surface area contributed by atoms with Gasteiger partial charge in [-0.2, -0.15) is 0 Å². The van der Waals surface area contributed by atoms with Gasteiger partial charge in [0.2, 0.25) is 0 Å². The molecule has 1 fully saturated rings. The Morgan fingerprint density at radius 3 is 2.28 bits per heavy atom. The molecule has 0 aromatic heterocycles. The van der Waals surface area contributed by atoms with E-state index in [4.69, 9.17) is 0 Å². The molecule has 0 saturated carbocycles. The molecule has 4 heteroatoms. The molecule has 0 unspecified atom stereocenters. The van der Waals surface area contributed by atoms with Crippen molar-refractivity contribution in [2.24, 2.45) is 0 Å². The minimum absolute atomic E-state index is 0.207. The fraction of sp³-hybridized carbons (Fsp3) is 0.571. The number of thioether (sulfide) groups is 3. The Balaban J connectivity index is 1.85. The van der Waals surface area contributed by atoms with Crippen LogP contribution in [-0.4, -0.2) is 27.3 Å². The summed E-state index contributed by atoms with van der Waals surface area (Å²) in [7, 11) is 0. The number of hydrogen-bond acceptors (Lipinski definition) is 4. The molecule has 18 heavy (non-hydrogen) atoms. The Morgan fingerprint density at radius 1 is 1.11 bits per heavy atom. The molecule has 2 heterocycles. The zero-order chi connectivity index (χ0) is 12.4. The van der Waals surface area contributed by atoms with Crippen molar-refractivity contribution in [1.82, 2.24) is 4.90 Å². The second kappa shape index (κ2) is 5.70. The van der Waals surface area contributed by atoms with Gasteiger partial charge in [-0.15, -0.1) is 11.8 Å². The molecule has 0 bridgehead atoms. The van der Waals surface area contributed by atoms with Crippen molar-refractivity contribution in [2.45, 2.75) is 39.5 Å². The third-order valence-electron chi connectivity index (χ3n) is 3.40. The normalized spacial score (nSPS) is 22.9. The summed E-state index contributed by atoms with van der Waals surface area (Å²) in [5.41, 5.74) is 0. The average Bonchev–Trinajstić information content (AvgIpc) is 2.79. The lowest BCUT2D eigenvalue weighted by Gasteiger charge is -2.41. The Labute approximate surface area is 122 Å². The van der Waals surface area contributed by atoms with Gasteiger partial charge in [0, 0.05) is 22.9 Å². The molecule has 98 valence electrons. The lowest BCUT2D eigenvalue weighted by molar-refractivity contribution is 0.239. The molecule has 0 spiro atoms. The van der Waals surface area contributed by atoms with E-state index in [1.807, 2.05) is 0 Å². The zero-order valence-electron chi connectivity index (χ0n) is 10.7. The smallest absolute Gasteiger partial charge is 0.171 e. The summed E-state index contributed by atoms with van der Waals surface area (Å²) in [6.07, 6.45) is 4.14. The van der Waals surface area contributed by atoms with E-state index >= 15 is 0 Å². The number of benzene rings is 1. The third-order valence-corrected chi connectivity index (χ3v) is 8.33. The zero-order valence-corrected chi connectivity index (χ0v) is 13.2. The van der Waals surface area contributed by atoms with E-state index in [0.29, 0.717) is 0 Å². The summed E-state index contributed by atoms with van der Waals surface area (Å²) in [6.45, 7) is 4.81. The van der Waals surface area contributed by atoms with Crippen LogP contribution in [0.25, 0.3) is 0 Å². The highest BCUT2D eigenvalue weighted by Gasteiger charge is 2.44. The molecule has 1 saturated heterocycles. The second-order valence-electron chi connectivity index (χ2n) is 4.66. The van der Waals surface area contributed by atoms with Gasteiger partial charge in [-0.25, -0.2) is 0 Å². The van der Waals surface area contributed by atoms with Crippen molar-refractivity contribution < 1.29 is 0 Å². The van der Waals surface area contributed by atoms with Crippen molar-refractivity contribution in [3.63, 3.8) is 0 Å². The summed E-state index contributed by atoms with van der Waals surface area (Å²) >= 11 is 6.23. The third kappa shape index (κ3) is 2.45. The second-order valence-corrected chi connectivity index (χ2v) is 9.36. The van der Waals surface area contributed by atoms with E-state index in [9.17, 15) is 0 Å². The van der Waals surface area contributed by atoms with Crippen LogP contribution in [0.2, 0.25) is 0 Å². The van der Waals surface area contributed by atoms with Crippen molar-refractivity contribution in [3.05, 3.63) is 24.3 Å². The van der Waals surface area contributed by atoms with Crippen LogP contribution >= 0.6 is 35.3 Å². The summed E-state index contributed by atoms with van der Waals surface area (Å²) in [4.78, 5) is 5.64. The number of nitrogens with zero attached hydrogens (tertiary/aromatic N) is 1. The maximum absolute atomic E-state index is 2.71. The van der Waals surface area contributed by atoms with Gasteiger partial charge in [0.05, 0.1) is 0 Å². The number of fused-ring (bicyclic) bond motifs is 1. The highest BCUT2D eigenvalue weighted by atomic mass is 32.3. The minimum atomic E-state index is 0.207. The van der Waals surface area contributed by atoms with Crippen molar-refractivity contribution in [3.8, 4) is 0 Å². The van der Waals surface area contributed by atoms with Crippen LogP contribution < -0.4 is 0 Å². The summed E-state index contributed by atoms with van der Waals surface area (Å²) in [5.74, 6) is 1.19. The molecule has 0 aliphatic carbocycles. The van der Waals surface area contributed by atoms with Gasteiger partial charge < -0.3 is 0 Å². The van der Waals surface area contributed by atoms with Gasteiger partial charge in [0.15, 0.2) is 3.54 Å². The van der Waals surface area contributed by atoms with E-state index in [0.717, 1.165) is 0 Å². The highest BCUT2D eigenvalue weighted by Crippen LogP contribution is 2.62. The lowest BCUT2D eigenvalue weighted by atomic mass is 10.1. The molecule has 2 aliphatic heterocycles. The maximum atomic E-state index is 2.71. The molecule has 0 radical (unpaired) electrons. The number of rotatable bonds is 3. The molecular formula is C14H19NS3. The predicted molar refractivity (Wildman–Crippen MR) is 84.4 cm³/mol. The lowest BCUT2D eigenvalue weighted by Crippen LogP contribution is -2.43. The monoisotopic (exact) mass is 297 g/mol. The Kier molecular flexibility index (Phi) is 4.18. The largest absolute Gasteiger partial charge is 0.271 e. The van der Waals surface area contributed by atoms with Gasteiger partial charge in [0.25, 0.3) is 0 Å². The molecule has 1 aromatic carbocycles. The van der Waals surface area contributed by atoms with Gasteiger partial charge in [0.1, 0.15) is 0 Å². The Bertz CT molecular complexity index is 390. The molecule has 0 amide bonds. The fourth-order valence-electron chi connectivity index (χ4n) is 2.55. The number of piperidine rings is 1. The SMILES string of the molecule is CCSC1(N2CCCCC2)Sc2ccccc2S1. The summed E-state index contributed by atoms with van der Waals surface area (Å²) in [5, 5.41) is 0. The van der Waals surface area contributed by atoms with Gasteiger partial charge >= 0.3 is 0 Å². The van der Waals surface area contributed by atoms with Crippen molar-refractivity contribution >= 4 is 35.3 Å². The Morgan fingerprint density at radius 2 is 1.72 bits per heavy atom. The molecule has 0 atom stereocenters. The predicted octanol–water partition coefficient (Wildman–Crippen LogP) is 4.73. The van der Waals surface area contributed by atoms with E-state index < -0.39 is 0 Å².